The highest BCUT2D eigenvalue weighted by molar-refractivity contribution is 4.93. The lowest BCUT2D eigenvalue weighted by atomic mass is 10.00. The van der Waals surface area contributed by atoms with E-state index in [2.05, 4.69) is 0 Å². The SMILES string of the molecule is CC1(CC(N)C(F)(F)F)CC1. The van der Waals surface area contributed by atoms with Gasteiger partial charge in [-0.05, 0) is 24.7 Å². The number of hydrogen-bond acceptors (Lipinski definition) is 1. The molecule has 1 aliphatic rings. The van der Waals surface area contributed by atoms with Crippen molar-refractivity contribution >= 4 is 0 Å². The second kappa shape index (κ2) is 2.37. The van der Waals surface area contributed by atoms with E-state index < -0.39 is 12.2 Å². The molecule has 0 bridgehead atoms. The fraction of sp³-hybridized carbons (Fsp3) is 1.00. The van der Waals surface area contributed by atoms with Crippen LogP contribution in [0, 0.1) is 5.41 Å². The normalized spacial score (nSPS) is 24.8. The van der Waals surface area contributed by atoms with Crippen LogP contribution >= 0.6 is 0 Å². The topological polar surface area (TPSA) is 26.0 Å². The maximum Gasteiger partial charge on any atom is 0.403 e. The summed E-state index contributed by atoms with van der Waals surface area (Å²) >= 11 is 0. The van der Waals surface area contributed by atoms with Gasteiger partial charge in [-0.1, -0.05) is 6.92 Å². The molecule has 1 nitrogen and oxygen atoms in total. The largest absolute Gasteiger partial charge is 0.403 e. The average molecular weight is 167 g/mol. The molecule has 1 saturated carbocycles. The molecular weight excluding hydrogens is 155 g/mol. The Balaban J connectivity index is 2.37. The van der Waals surface area contributed by atoms with Crippen molar-refractivity contribution in [3.63, 3.8) is 0 Å². The smallest absolute Gasteiger partial charge is 0.320 e. The van der Waals surface area contributed by atoms with Crippen LogP contribution in [0.25, 0.3) is 0 Å². The highest BCUT2D eigenvalue weighted by Gasteiger charge is 2.46. The molecule has 0 aromatic carbocycles. The van der Waals surface area contributed by atoms with Crippen LogP contribution in [-0.2, 0) is 0 Å². The molecule has 2 N–H and O–H groups in total. The molecule has 1 unspecified atom stereocenters. The number of halogens is 3. The third-order valence-corrected chi connectivity index (χ3v) is 2.24. The fourth-order valence-corrected chi connectivity index (χ4v) is 1.06. The first kappa shape index (κ1) is 8.84. The van der Waals surface area contributed by atoms with Gasteiger partial charge in [0, 0.05) is 0 Å². The van der Waals surface area contributed by atoms with Gasteiger partial charge in [-0.15, -0.1) is 0 Å². The summed E-state index contributed by atoms with van der Waals surface area (Å²) in [6.45, 7) is 1.85. The average Bonchev–Trinajstić information content (AvgIpc) is 2.45. The summed E-state index contributed by atoms with van der Waals surface area (Å²) in [6.07, 6.45) is -2.37. The van der Waals surface area contributed by atoms with Crippen molar-refractivity contribution in [2.45, 2.75) is 38.4 Å². The Morgan fingerprint density at radius 1 is 1.45 bits per heavy atom. The predicted molar refractivity (Wildman–Crippen MR) is 36.0 cm³/mol. The molecule has 1 rings (SSSR count). The maximum absolute atomic E-state index is 11.9. The van der Waals surface area contributed by atoms with Crippen LogP contribution in [-0.4, -0.2) is 12.2 Å². The molecule has 0 heterocycles. The molecule has 0 spiro atoms. The van der Waals surface area contributed by atoms with E-state index in [0.29, 0.717) is 0 Å². The van der Waals surface area contributed by atoms with Crippen molar-refractivity contribution < 1.29 is 13.2 Å². The molecule has 0 aromatic heterocycles. The maximum atomic E-state index is 11.9. The summed E-state index contributed by atoms with van der Waals surface area (Å²) < 4.78 is 35.6. The van der Waals surface area contributed by atoms with Crippen molar-refractivity contribution in [3.05, 3.63) is 0 Å². The van der Waals surface area contributed by atoms with E-state index in [1.165, 1.54) is 0 Å². The first-order valence-corrected chi connectivity index (χ1v) is 3.66. The number of hydrogen-bond donors (Lipinski definition) is 1. The highest BCUT2D eigenvalue weighted by atomic mass is 19.4. The molecule has 4 heteroatoms. The van der Waals surface area contributed by atoms with E-state index >= 15 is 0 Å². The number of rotatable bonds is 2. The summed E-state index contributed by atoms with van der Waals surface area (Å²) in [6, 6.07) is -1.63. The Morgan fingerprint density at radius 2 is 1.91 bits per heavy atom. The molecule has 1 aliphatic carbocycles. The Bertz CT molecular complexity index is 148. The summed E-state index contributed by atoms with van der Waals surface area (Å²) in [4.78, 5) is 0. The van der Waals surface area contributed by atoms with E-state index in [1.807, 2.05) is 6.92 Å². The summed E-state index contributed by atoms with van der Waals surface area (Å²) in [5, 5.41) is 0. The standard InChI is InChI=1S/C7H12F3N/c1-6(2-3-6)4-5(11)7(8,9)10/h5H,2-4,11H2,1H3. The van der Waals surface area contributed by atoms with Gasteiger partial charge in [0.05, 0.1) is 0 Å². The van der Waals surface area contributed by atoms with Crippen molar-refractivity contribution in [2.75, 3.05) is 0 Å². The summed E-state index contributed by atoms with van der Waals surface area (Å²) in [7, 11) is 0. The fourth-order valence-electron chi connectivity index (χ4n) is 1.06. The van der Waals surface area contributed by atoms with Crippen molar-refractivity contribution in [2.24, 2.45) is 11.1 Å². The van der Waals surface area contributed by atoms with E-state index in [-0.39, 0.29) is 11.8 Å². The zero-order valence-corrected chi connectivity index (χ0v) is 6.41. The van der Waals surface area contributed by atoms with Gasteiger partial charge in [-0.25, -0.2) is 0 Å². The van der Waals surface area contributed by atoms with Gasteiger partial charge < -0.3 is 5.73 Å². The van der Waals surface area contributed by atoms with Crippen LogP contribution in [0.2, 0.25) is 0 Å². The predicted octanol–water partition coefficient (Wildman–Crippen LogP) is 2.07. The summed E-state index contributed by atoms with van der Waals surface area (Å²) in [5.74, 6) is 0. The van der Waals surface area contributed by atoms with Crippen molar-refractivity contribution in [1.29, 1.82) is 0 Å². The lowest BCUT2D eigenvalue weighted by Crippen LogP contribution is -2.38. The quantitative estimate of drug-likeness (QED) is 0.669. The molecule has 0 radical (unpaired) electrons. The molecular formula is C7H12F3N. The number of alkyl halides is 3. The Kier molecular flexibility index (Phi) is 1.90. The monoisotopic (exact) mass is 167 g/mol. The number of nitrogens with two attached hydrogens (primary N) is 1. The zero-order valence-electron chi connectivity index (χ0n) is 6.41. The first-order valence-electron chi connectivity index (χ1n) is 3.66. The molecule has 1 atom stereocenters. The Labute approximate surface area is 63.8 Å². The second-order valence-corrected chi connectivity index (χ2v) is 3.66. The third kappa shape index (κ3) is 2.36. The van der Waals surface area contributed by atoms with Gasteiger partial charge in [-0.3, -0.25) is 0 Å². The third-order valence-electron chi connectivity index (χ3n) is 2.24. The van der Waals surface area contributed by atoms with Crippen LogP contribution in [0.15, 0.2) is 0 Å². The zero-order chi connectivity index (χ0) is 8.70. The molecule has 0 amide bonds. The van der Waals surface area contributed by atoms with Crippen LogP contribution in [0.4, 0.5) is 13.2 Å². The van der Waals surface area contributed by atoms with Gasteiger partial charge in [0.25, 0.3) is 0 Å². The molecule has 0 aromatic rings. The van der Waals surface area contributed by atoms with E-state index in [0.717, 1.165) is 12.8 Å². The minimum absolute atomic E-state index is 0.0799. The van der Waals surface area contributed by atoms with Crippen LogP contribution < -0.4 is 5.73 Å². The van der Waals surface area contributed by atoms with Gasteiger partial charge in [-0.2, -0.15) is 13.2 Å². The van der Waals surface area contributed by atoms with E-state index in [9.17, 15) is 13.2 Å². The van der Waals surface area contributed by atoms with Gasteiger partial charge in [0.15, 0.2) is 0 Å². The van der Waals surface area contributed by atoms with Crippen LogP contribution in [0.1, 0.15) is 26.2 Å². The Hall–Kier alpha value is -0.250. The highest BCUT2D eigenvalue weighted by Crippen LogP contribution is 2.49. The van der Waals surface area contributed by atoms with E-state index in [1.54, 1.807) is 0 Å². The van der Waals surface area contributed by atoms with Gasteiger partial charge in [0.1, 0.15) is 6.04 Å². The molecule has 11 heavy (non-hydrogen) atoms. The minimum Gasteiger partial charge on any atom is -0.320 e. The van der Waals surface area contributed by atoms with Crippen molar-refractivity contribution in [1.82, 2.24) is 0 Å². The molecule has 0 aliphatic heterocycles. The van der Waals surface area contributed by atoms with E-state index in [4.69, 9.17) is 5.73 Å². The first-order chi connectivity index (χ1) is 4.83. The molecule has 1 fully saturated rings. The van der Waals surface area contributed by atoms with Crippen LogP contribution in [0.5, 0.6) is 0 Å². The van der Waals surface area contributed by atoms with Gasteiger partial charge >= 0.3 is 6.18 Å². The lowest BCUT2D eigenvalue weighted by molar-refractivity contribution is -0.151. The summed E-state index contributed by atoms with van der Waals surface area (Å²) in [5.41, 5.74) is 4.84. The minimum atomic E-state index is -4.22. The Morgan fingerprint density at radius 3 is 2.18 bits per heavy atom. The van der Waals surface area contributed by atoms with Gasteiger partial charge in [0.2, 0.25) is 0 Å². The molecule has 66 valence electrons. The van der Waals surface area contributed by atoms with Crippen LogP contribution in [0.3, 0.4) is 0 Å². The molecule has 0 saturated heterocycles. The lowest BCUT2D eigenvalue weighted by Gasteiger charge is -2.18. The second-order valence-electron chi connectivity index (χ2n) is 3.66. The van der Waals surface area contributed by atoms with Crippen molar-refractivity contribution in [3.8, 4) is 0 Å².